The Hall–Kier alpha value is -0.570. The molecule has 2 N–H and O–H groups in total. The molecular formula is C14H30N2O. The zero-order chi connectivity index (χ0) is 13.3. The summed E-state index contributed by atoms with van der Waals surface area (Å²) in [6.45, 7) is 7.19. The van der Waals surface area contributed by atoms with Gasteiger partial charge >= 0.3 is 0 Å². The number of nitrogens with zero attached hydrogens (tertiary/aromatic N) is 1. The number of carbonyl (C=O) groups excluding carboxylic acids is 1. The lowest BCUT2D eigenvalue weighted by atomic mass is 9.96. The molecule has 0 aliphatic rings. The minimum atomic E-state index is 0.286. The van der Waals surface area contributed by atoms with Crippen molar-refractivity contribution in [3.05, 3.63) is 0 Å². The Balaban J connectivity index is 4.06. The molecule has 0 aromatic heterocycles. The van der Waals surface area contributed by atoms with Gasteiger partial charge in [-0.15, -0.1) is 0 Å². The summed E-state index contributed by atoms with van der Waals surface area (Å²) in [7, 11) is 1.93. The van der Waals surface area contributed by atoms with Crippen molar-refractivity contribution in [1.29, 1.82) is 0 Å². The van der Waals surface area contributed by atoms with Crippen molar-refractivity contribution < 1.29 is 4.79 Å². The Bertz CT molecular complexity index is 202. The van der Waals surface area contributed by atoms with Crippen molar-refractivity contribution in [3.63, 3.8) is 0 Å². The molecule has 3 heteroatoms. The molecule has 102 valence electrons. The van der Waals surface area contributed by atoms with Gasteiger partial charge in [0.05, 0.1) is 0 Å². The first-order valence-corrected chi connectivity index (χ1v) is 7.06. The van der Waals surface area contributed by atoms with Crippen LogP contribution in [0.5, 0.6) is 0 Å². The fraction of sp³-hybridized carbons (Fsp3) is 0.929. The quantitative estimate of drug-likeness (QED) is 0.676. The third-order valence-corrected chi connectivity index (χ3v) is 3.80. The van der Waals surface area contributed by atoms with E-state index in [1.165, 1.54) is 0 Å². The number of hydrogen-bond donors (Lipinski definition) is 1. The van der Waals surface area contributed by atoms with Crippen molar-refractivity contribution >= 4 is 5.91 Å². The van der Waals surface area contributed by atoms with E-state index < -0.39 is 0 Å². The van der Waals surface area contributed by atoms with Gasteiger partial charge in [-0.25, -0.2) is 0 Å². The van der Waals surface area contributed by atoms with Crippen molar-refractivity contribution in [2.45, 2.75) is 65.3 Å². The normalized spacial score (nSPS) is 12.8. The second kappa shape index (κ2) is 9.46. The van der Waals surface area contributed by atoms with Gasteiger partial charge in [0.2, 0.25) is 5.91 Å². The third kappa shape index (κ3) is 6.06. The van der Waals surface area contributed by atoms with Crippen LogP contribution >= 0.6 is 0 Å². The number of nitrogens with two attached hydrogens (primary N) is 1. The van der Waals surface area contributed by atoms with E-state index >= 15 is 0 Å². The van der Waals surface area contributed by atoms with Crippen LogP contribution in [0.1, 0.15) is 59.3 Å². The molecule has 0 saturated heterocycles. The smallest absolute Gasteiger partial charge is 0.222 e. The summed E-state index contributed by atoms with van der Waals surface area (Å²) in [4.78, 5) is 13.9. The average molecular weight is 242 g/mol. The Labute approximate surface area is 107 Å². The lowest BCUT2D eigenvalue weighted by Gasteiger charge is -2.27. The fourth-order valence-corrected chi connectivity index (χ4v) is 2.33. The standard InChI is InChI=1S/C14H30N2O/c1-5-12(10-11-15)8-9-14(17)16(4)13(6-2)7-3/h12-13H,5-11,15H2,1-4H3. The van der Waals surface area contributed by atoms with Gasteiger partial charge in [-0.3, -0.25) is 4.79 Å². The third-order valence-electron chi connectivity index (χ3n) is 3.80. The van der Waals surface area contributed by atoms with Gasteiger partial charge in [-0.05, 0) is 38.1 Å². The van der Waals surface area contributed by atoms with Crippen LogP contribution in [0.25, 0.3) is 0 Å². The first-order chi connectivity index (χ1) is 8.10. The topological polar surface area (TPSA) is 46.3 Å². The summed E-state index contributed by atoms with van der Waals surface area (Å²) in [6, 6.07) is 0.400. The number of amides is 1. The van der Waals surface area contributed by atoms with Gasteiger partial charge in [0.15, 0.2) is 0 Å². The SMILES string of the molecule is CCC(CCN)CCC(=O)N(C)C(CC)CC. The van der Waals surface area contributed by atoms with E-state index in [1.54, 1.807) is 0 Å². The lowest BCUT2D eigenvalue weighted by molar-refractivity contribution is -0.132. The van der Waals surface area contributed by atoms with Crippen LogP contribution in [0, 0.1) is 5.92 Å². The molecule has 0 aliphatic carbocycles. The maximum atomic E-state index is 12.0. The van der Waals surface area contributed by atoms with E-state index in [1.807, 2.05) is 11.9 Å². The second-order valence-corrected chi connectivity index (χ2v) is 4.87. The van der Waals surface area contributed by atoms with Gasteiger partial charge in [0.25, 0.3) is 0 Å². The molecular weight excluding hydrogens is 212 g/mol. The van der Waals surface area contributed by atoms with Gasteiger partial charge in [0.1, 0.15) is 0 Å². The van der Waals surface area contributed by atoms with Crippen LogP contribution in [-0.2, 0) is 4.79 Å². The van der Waals surface area contributed by atoms with Gasteiger partial charge < -0.3 is 10.6 Å². The molecule has 0 saturated carbocycles. The maximum Gasteiger partial charge on any atom is 0.222 e. The Kier molecular flexibility index (Phi) is 9.14. The Morgan fingerprint density at radius 1 is 1.12 bits per heavy atom. The zero-order valence-electron chi connectivity index (χ0n) is 12.0. The van der Waals surface area contributed by atoms with Crippen LogP contribution in [-0.4, -0.2) is 30.4 Å². The zero-order valence-corrected chi connectivity index (χ0v) is 12.0. The number of hydrogen-bond acceptors (Lipinski definition) is 2. The second-order valence-electron chi connectivity index (χ2n) is 4.87. The van der Waals surface area contributed by atoms with Crippen LogP contribution in [0.3, 0.4) is 0 Å². The van der Waals surface area contributed by atoms with Crippen molar-refractivity contribution in [2.24, 2.45) is 11.7 Å². The maximum absolute atomic E-state index is 12.0. The highest BCUT2D eigenvalue weighted by Crippen LogP contribution is 2.16. The molecule has 0 spiro atoms. The minimum Gasteiger partial charge on any atom is -0.343 e. The minimum absolute atomic E-state index is 0.286. The largest absolute Gasteiger partial charge is 0.343 e. The average Bonchev–Trinajstić information content (AvgIpc) is 2.35. The molecule has 0 fully saturated rings. The number of rotatable bonds is 9. The van der Waals surface area contributed by atoms with E-state index in [0.29, 0.717) is 18.4 Å². The van der Waals surface area contributed by atoms with Crippen LogP contribution in [0.15, 0.2) is 0 Å². The summed E-state index contributed by atoms with van der Waals surface area (Å²) in [6.07, 6.45) is 5.90. The highest BCUT2D eigenvalue weighted by atomic mass is 16.2. The predicted octanol–water partition coefficient (Wildman–Crippen LogP) is 2.79. The molecule has 0 bridgehead atoms. The van der Waals surface area contributed by atoms with Crippen LogP contribution in [0.2, 0.25) is 0 Å². The molecule has 17 heavy (non-hydrogen) atoms. The fourth-order valence-electron chi connectivity index (χ4n) is 2.33. The van der Waals surface area contributed by atoms with E-state index in [-0.39, 0.29) is 5.91 Å². The molecule has 1 atom stereocenters. The van der Waals surface area contributed by atoms with Crippen LogP contribution < -0.4 is 5.73 Å². The number of carbonyl (C=O) groups is 1. The lowest BCUT2D eigenvalue weighted by Crippen LogP contribution is -2.36. The summed E-state index contributed by atoms with van der Waals surface area (Å²) in [5.41, 5.74) is 5.57. The molecule has 0 aromatic carbocycles. The molecule has 3 nitrogen and oxygen atoms in total. The van der Waals surface area contributed by atoms with Crippen molar-refractivity contribution in [1.82, 2.24) is 4.90 Å². The monoisotopic (exact) mass is 242 g/mol. The Morgan fingerprint density at radius 3 is 2.12 bits per heavy atom. The van der Waals surface area contributed by atoms with E-state index in [4.69, 9.17) is 5.73 Å². The summed E-state index contributed by atoms with van der Waals surface area (Å²) in [5.74, 6) is 0.897. The highest BCUT2D eigenvalue weighted by Gasteiger charge is 2.17. The first kappa shape index (κ1) is 16.4. The molecule has 1 amide bonds. The van der Waals surface area contributed by atoms with E-state index in [9.17, 15) is 4.79 Å². The van der Waals surface area contributed by atoms with Gasteiger partial charge in [-0.1, -0.05) is 27.2 Å². The van der Waals surface area contributed by atoms with E-state index in [0.717, 1.165) is 38.6 Å². The van der Waals surface area contributed by atoms with Gasteiger partial charge in [-0.2, -0.15) is 0 Å². The summed E-state index contributed by atoms with van der Waals surface area (Å²) in [5, 5.41) is 0. The highest BCUT2D eigenvalue weighted by molar-refractivity contribution is 5.76. The van der Waals surface area contributed by atoms with Crippen LogP contribution in [0.4, 0.5) is 0 Å². The molecule has 0 aliphatic heterocycles. The molecule has 0 aromatic rings. The van der Waals surface area contributed by atoms with Crippen molar-refractivity contribution in [3.8, 4) is 0 Å². The first-order valence-electron chi connectivity index (χ1n) is 7.06. The van der Waals surface area contributed by atoms with E-state index in [2.05, 4.69) is 20.8 Å². The van der Waals surface area contributed by atoms with Crippen molar-refractivity contribution in [2.75, 3.05) is 13.6 Å². The van der Waals surface area contributed by atoms with Gasteiger partial charge in [0, 0.05) is 19.5 Å². The molecule has 0 rings (SSSR count). The predicted molar refractivity (Wildman–Crippen MR) is 73.8 cm³/mol. The molecule has 1 unspecified atom stereocenters. The molecule has 0 radical (unpaired) electrons. The summed E-state index contributed by atoms with van der Waals surface area (Å²) < 4.78 is 0. The molecule has 0 heterocycles. The Morgan fingerprint density at radius 2 is 1.71 bits per heavy atom. The summed E-state index contributed by atoms with van der Waals surface area (Å²) >= 11 is 0.